The van der Waals surface area contributed by atoms with Gasteiger partial charge in [-0.1, -0.05) is 18.5 Å². The summed E-state index contributed by atoms with van der Waals surface area (Å²) in [5, 5.41) is 16.8. The predicted molar refractivity (Wildman–Crippen MR) is 82.7 cm³/mol. The lowest BCUT2D eigenvalue weighted by Gasteiger charge is -2.40. The van der Waals surface area contributed by atoms with Crippen molar-refractivity contribution < 1.29 is 5.11 Å². The second-order valence-corrected chi connectivity index (χ2v) is 6.83. The molecular formula is C15H22ClN3O2. The van der Waals surface area contributed by atoms with E-state index in [1.165, 1.54) is 0 Å². The molecule has 4 atom stereocenters. The summed E-state index contributed by atoms with van der Waals surface area (Å²) in [7, 11) is 0. The Morgan fingerprint density at radius 3 is 3.05 bits per heavy atom. The highest BCUT2D eigenvalue weighted by atomic mass is 35.5. The van der Waals surface area contributed by atoms with Crippen molar-refractivity contribution in [1.82, 2.24) is 10.2 Å². The van der Waals surface area contributed by atoms with E-state index in [0.29, 0.717) is 11.6 Å². The fourth-order valence-corrected chi connectivity index (χ4v) is 4.13. The maximum atomic E-state index is 11.7. The van der Waals surface area contributed by atoms with Gasteiger partial charge in [0.1, 0.15) is 5.02 Å². The van der Waals surface area contributed by atoms with E-state index in [1.54, 1.807) is 6.20 Å². The average Bonchev–Trinajstić information content (AvgIpc) is 2.93. The summed E-state index contributed by atoms with van der Waals surface area (Å²) in [5.74, 6) is 0.903. The van der Waals surface area contributed by atoms with Crippen LogP contribution in [0.25, 0.3) is 0 Å². The third-order valence-corrected chi connectivity index (χ3v) is 5.37. The van der Waals surface area contributed by atoms with Crippen LogP contribution in [0.15, 0.2) is 11.0 Å². The Labute approximate surface area is 129 Å². The molecule has 6 heteroatoms. The molecule has 2 N–H and O–H groups in total. The van der Waals surface area contributed by atoms with Gasteiger partial charge in [-0.05, 0) is 38.0 Å². The molecule has 0 bridgehead atoms. The lowest BCUT2D eigenvalue weighted by molar-refractivity contribution is 0.0390. The first-order chi connectivity index (χ1) is 10.1. The topological polar surface area (TPSA) is 69.2 Å². The first kappa shape index (κ1) is 14.9. The van der Waals surface area contributed by atoms with E-state index < -0.39 is 0 Å². The largest absolute Gasteiger partial charge is 0.393 e. The highest BCUT2D eigenvalue weighted by Gasteiger charge is 2.39. The zero-order valence-corrected chi connectivity index (χ0v) is 13.0. The zero-order chi connectivity index (χ0) is 15.0. The van der Waals surface area contributed by atoms with Gasteiger partial charge in [0, 0.05) is 18.5 Å². The number of anilines is 1. The van der Waals surface area contributed by atoms with Crippen LogP contribution in [-0.2, 0) is 0 Å². The molecule has 1 aromatic heterocycles. The standard InChI is InChI=1S/C15H22ClN3O2/c1-9-4-5-13(20)10(7-9)11-3-2-6-19(11)12-8-17-18-15(21)14(12)16/h8-11,13,20H,2-7H2,1H3,(H,18,21). The molecule has 4 unspecified atom stereocenters. The molecule has 0 radical (unpaired) electrons. The summed E-state index contributed by atoms with van der Waals surface area (Å²) in [5.41, 5.74) is 0.353. The molecule has 0 aromatic carbocycles. The summed E-state index contributed by atoms with van der Waals surface area (Å²) >= 11 is 6.15. The molecule has 21 heavy (non-hydrogen) atoms. The summed E-state index contributed by atoms with van der Waals surface area (Å²) in [4.78, 5) is 13.8. The van der Waals surface area contributed by atoms with E-state index in [2.05, 4.69) is 22.0 Å². The molecule has 1 aromatic rings. The van der Waals surface area contributed by atoms with Crippen molar-refractivity contribution in [2.24, 2.45) is 11.8 Å². The van der Waals surface area contributed by atoms with Crippen LogP contribution in [0.4, 0.5) is 5.69 Å². The van der Waals surface area contributed by atoms with Gasteiger partial charge < -0.3 is 10.0 Å². The molecule has 1 saturated heterocycles. The van der Waals surface area contributed by atoms with E-state index in [4.69, 9.17) is 11.6 Å². The third-order valence-electron chi connectivity index (χ3n) is 5.00. The molecule has 2 fully saturated rings. The number of halogens is 1. The third kappa shape index (κ3) is 2.81. The number of hydrogen-bond acceptors (Lipinski definition) is 4. The fraction of sp³-hybridized carbons (Fsp3) is 0.733. The molecule has 0 spiro atoms. The minimum atomic E-state index is -0.350. The van der Waals surface area contributed by atoms with E-state index in [0.717, 1.165) is 38.6 Å². The lowest BCUT2D eigenvalue weighted by atomic mass is 9.76. The zero-order valence-electron chi connectivity index (χ0n) is 12.3. The van der Waals surface area contributed by atoms with Gasteiger partial charge in [-0.2, -0.15) is 5.10 Å². The average molecular weight is 312 g/mol. The minimum Gasteiger partial charge on any atom is -0.393 e. The molecule has 1 aliphatic heterocycles. The Hall–Kier alpha value is -1.07. The number of nitrogens with zero attached hydrogens (tertiary/aromatic N) is 2. The lowest BCUT2D eigenvalue weighted by Crippen LogP contribution is -2.44. The highest BCUT2D eigenvalue weighted by Crippen LogP contribution is 2.39. The monoisotopic (exact) mass is 311 g/mol. The Bertz CT molecular complexity index is 562. The first-order valence-electron chi connectivity index (χ1n) is 7.76. The second-order valence-electron chi connectivity index (χ2n) is 6.45. The number of nitrogens with one attached hydrogen (secondary N) is 1. The minimum absolute atomic E-state index is 0.204. The second kappa shape index (κ2) is 5.97. The molecule has 1 saturated carbocycles. The Morgan fingerprint density at radius 2 is 2.24 bits per heavy atom. The molecule has 2 heterocycles. The van der Waals surface area contributed by atoms with Gasteiger partial charge in [0.05, 0.1) is 18.0 Å². The smallest absolute Gasteiger partial charge is 0.285 e. The molecule has 0 amide bonds. The van der Waals surface area contributed by atoms with Gasteiger partial charge in [0.2, 0.25) is 0 Å². The van der Waals surface area contributed by atoms with Crippen LogP contribution >= 0.6 is 11.6 Å². The van der Waals surface area contributed by atoms with Gasteiger partial charge in [-0.25, -0.2) is 5.10 Å². The number of aromatic nitrogens is 2. The highest BCUT2D eigenvalue weighted by molar-refractivity contribution is 6.33. The molecule has 2 aliphatic rings. The van der Waals surface area contributed by atoms with Crippen LogP contribution in [0.2, 0.25) is 5.02 Å². The normalized spacial score (nSPS) is 33.4. The quantitative estimate of drug-likeness (QED) is 0.878. The van der Waals surface area contributed by atoms with E-state index in [1.807, 2.05) is 0 Å². The van der Waals surface area contributed by atoms with Gasteiger partial charge in [0.25, 0.3) is 5.56 Å². The van der Waals surface area contributed by atoms with Crippen molar-refractivity contribution in [1.29, 1.82) is 0 Å². The number of aliphatic hydroxyl groups is 1. The summed E-state index contributed by atoms with van der Waals surface area (Å²) in [6, 6.07) is 0.254. The fourth-order valence-electron chi connectivity index (χ4n) is 3.93. The van der Waals surface area contributed by atoms with Gasteiger partial charge in [-0.3, -0.25) is 4.79 Å². The number of rotatable bonds is 2. The summed E-state index contributed by atoms with van der Waals surface area (Å²) < 4.78 is 0. The van der Waals surface area contributed by atoms with Gasteiger partial charge >= 0.3 is 0 Å². The Kier molecular flexibility index (Phi) is 4.22. The SMILES string of the molecule is CC1CCC(O)C(C2CCCN2c2cn[nH]c(=O)c2Cl)C1. The van der Waals surface area contributed by atoms with E-state index in [9.17, 15) is 9.90 Å². The van der Waals surface area contributed by atoms with Crippen molar-refractivity contribution >= 4 is 17.3 Å². The van der Waals surface area contributed by atoms with E-state index in [-0.39, 0.29) is 28.6 Å². The van der Waals surface area contributed by atoms with Crippen LogP contribution in [0.3, 0.4) is 0 Å². The van der Waals surface area contributed by atoms with Crippen molar-refractivity contribution in [2.45, 2.75) is 51.2 Å². The van der Waals surface area contributed by atoms with Crippen molar-refractivity contribution in [3.63, 3.8) is 0 Å². The maximum Gasteiger partial charge on any atom is 0.285 e. The molecular weight excluding hydrogens is 290 g/mol. The Morgan fingerprint density at radius 1 is 1.43 bits per heavy atom. The van der Waals surface area contributed by atoms with E-state index >= 15 is 0 Å². The summed E-state index contributed by atoms with van der Waals surface area (Å²) in [6.07, 6.45) is 6.48. The van der Waals surface area contributed by atoms with Crippen molar-refractivity contribution in [3.05, 3.63) is 21.6 Å². The van der Waals surface area contributed by atoms with Crippen molar-refractivity contribution in [2.75, 3.05) is 11.4 Å². The van der Waals surface area contributed by atoms with Crippen LogP contribution < -0.4 is 10.5 Å². The van der Waals surface area contributed by atoms with Crippen LogP contribution in [0.5, 0.6) is 0 Å². The number of hydrogen-bond donors (Lipinski definition) is 2. The van der Waals surface area contributed by atoms with Crippen LogP contribution in [0.1, 0.15) is 39.0 Å². The molecule has 116 valence electrons. The Balaban J connectivity index is 1.88. The number of H-pyrrole nitrogens is 1. The number of aromatic amines is 1. The summed E-state index contributed by atoms with van der Waals surface area (Å²) in [6.45, 7) is 3.12. The molecule has 3 rings (SSSR count). The van der Waals surface area contributed by atoms with Gasteiger partial charge in [-0.15, -0.1) is 0 Å². The first-order valence-corrected chi connectivity index (χ1v) is 8.13. The van der Waals surface area contributed by atoms with Crippen molar-refractivity contribution in [3.8, 4) is 0 Å². The van der Waals surface area contributed by atoms with Crippen LogP contribution in [-0.4, -0.2) is 34.0 Å². The molecule has 5 nitrogen and oxygen atoms in total. The number of aliphatic hydroxyl groups excluding tert-OH is 1. The van der Waals surface area contributed by atoms with Crippen LogP contribution in [0, 0.1) is 11.8 Å². The van der Waals surface area contributed by atoms with Gasteiger partial charge in [0.15, 0.2) is 0 Å². The predicted octanol–water partition coefficient (Wildman–Crippen LogP) is 2.19. The maximum absolute atomic E-state index is 11.7. The molecule has 1 aliphatic carbocycles.